The third kappa shape index (κ3) is 4.62. The van der Waals surface area contributed by atoms with Crippen LogP contribution in [0, 0.1) is 20.8 Å². The first-order valence-electron chi connectivity index (χ1n) is 10.7. The molecule has 0 aliphatic heterocycles. The number of rotatable bonds is 6. The molecule has 158 valence electrons. The van der Waals surface area contributed by atoms with Gasteiger partial charge < -0.3 is 12.4 Å². The average Bonchev–Trinajstić information content (AvgIpc) is 2.78. The molecule has 4 rings (SSSR count). The van der Waals surface area contributed by atoms with E-state index in [0.29, 0.717) is 0 Å². The maximum atomic E-state index is 2.38. The van der Waals surface area contributed by atoms with Gasteiger partial charge in [0.25, 0.3) is 0 Å². The second-order valence-electron chi connectivity index (χ2n) is 8.13. The fourth-order valence-corrected chi connectivity index (χ4v) is 9.81. The molecule has 0 spiro atoms. The fraction of sp³-hybridized carbons (Fsp3) is 0.172. The van der Waals surface area contributed by atoms with Crippen molar-refractivity contribution in [2.75, 3.05) is 6.16 Å². The summed E-state index contributed by atoms with van der Waals surface area (Å²) >= 11 is 0. The van der Waals surface area contributed by atoms with Crippen LogP contribution in [0.25, 0.3) is 0 Å². The van der Waals surface area contributed by atoms with Gasteiger partial charge in [0.1, 0.15) is 23.2 Å². The van der Waals surface area contributed by atoms with Crippen LogP contribution >= 0.6 is 7.26 Å². The molecule has 0 bridgehead atoms. The molecule has 0 N–H and O–H groups in total. The number of aryl methyl sites for hydroxylation is 4. The summed E-state index contributed by atoms with van der Waals surface area (Å²) in [6, 6.07) is 38.1. The molecular weight excluding hydrogens is 415 g/mol. The van der Waals surface area contributed by atoms with Gasteiger partial charge in [-0.3, -0.25) is 0 Å². The van der Waals surface area contributed by atoms with E-state index < -0.39 is 7.26 Å². The van der Waals surface area contributed by atoms with E-state index in [1.807, 2.05) is 0 Å². The summed E-state index contributed by atoms with van der Waals surface area (Å²) in [6.45, 7) is 6.84. The van der Waals surface area contributed by atoms with Crippen molar-refractivity contribution in [3.8, 4) is 0 Å². The van der Waals surface area contributed by atoms with Gasteiger partial charge in [0.15, 0.2) is 0 Å². The summed E-state index contributed by atoms with van der Waals surface area (Å²) in [4.78, 5) is 0. The molecule has 0 aromatic heterocycles. The van der Waals surface area contributed by atoms with Gasteiger partial charge in [0.2, 0.25) is 0 Å². The maximum Gasteiger partial charge on any atom is 0.113 e. The van der Waals surface area contributed by atoms with Crippen LogP contribution in [0.15, 0.2) is 103 Å². The molecule has 0 aliphatic rings. The number of hydrogen-bond donors (Lipinski definition) is 0. The summed E-state index contributed by atoms with van der Waals surface area (Å²) in [7, 11) is -1.83. The number of halogens is 1. The smallest absolute Gasteiger partial charge is 0.113 e. The zero-order valence-corrected chi connectivity index (χ0v) is 20.2. The summed E-state index contributed by atoms with van der Waals surface area (Å²) in [5.74, 6) is 0. The Balaban J connectivity index is 0.00000272. The predicted molar refractivity (Wildman–Crippen MR) is 134 cm³/mol. The molecule has 4 aromatic carbocycles. The largest absolute Gasteiger partial charge is 1.00 e. The van der Waals surface area contributed by atoms with Gasteiger partial charge in [0, 0.05) is 6.42 Å². The highest BCUT2D eigenvalue weighted by Crippen LogP contribution is 2.57. The lowest BCUT2D eigenvalue weighted by atomic mass is 10.2. The molecule has 2 heteroatoms. The quantitative estimate of drug-likeness (QED) is 0.401. The minimum absolute atomic E-state index is 0. The maximum absolute atomic E-state index is 2.38. The van der Waals surface area contributed by atoms with Gasteiger partial charge in [-0.1, -0.05) is 84.9 Å². The van der Waals surface area contributed by atoms with Crippen LogP contribution in [0.3, 0.4) is 0 Å². The van der Waals surface area contributed by atoms with Crippen LogP contribution in [0.4, 0.5) is 0 Å². The van der Waals surface area contributed by atoms with E-state index in [0.717, 1.165) is 12.6 Å². The Morgan fingerprint density at radius 2 is 0.839 bits per heavy atom. The van der Waals surface area contributed by atoms with Crippen molar-refractivity contribution in [1.29, 1.82) is 0 Å². The minimum Gasteiger partial charge on any atom is -1.00 e. The summed E-state index contributed by atoms with van der Waals surface area (Å²) in [5.41, 5.74) is 5.60. The first kappa shape index (κ1) is 23.3. The normalized spacial score (nSPS) is 11.1. The van der Waals surface area contributed by atoms with Crippen molar-refractivity contribution in [2.45, 2.75) is 27.2 Å². The lowest BCUT2D eigenvalue weighted by Crippen LogP contribution is -3.00. The van der Waals surface area contributed by atoms with Crippen LogP contribution < -0.4 is 28.3 Å². The van der Waals surface area contributed by atoms with Gasteiger partial charge >= 0.3 is 0 Å². The first-order valence-corrected chi connectivity index (χ1v) is 12.7. The van der Waals surface area contributed by atoms with Gasteiger partial charge in [-0.15, -0.1) is 0 Å². The highest BCUT2D eigenvalue weighted by molar-refractivity contribution is 7.96. The molecule has 4 aromatic rings. The van der Waals surface area contributed by atoms with Crippen molar-refractivity contribution < 1.29 is 12.4 Å². The van der Waals surface area contributed by atoms with E-state index in [4.69, 9.17) is 0 Å². The van der Waals surface area contributed by atoms with Gasteiger partial charge in [0.05, 0.1) is 6.16 Å². The Labute approximate surface area is 194 Å². The zero-order chi connectivity index (χ0) is 21.0. The van der Waals surface area contributed by atoms with Crippen molar-refractivity contribution in [3.05, 3.63) is 125 Å². The van der Waals surface area contributed by atoms with E-state index in [1.165, 1.54) is 38.2 Å². The molecule has 0 atom stereocenters. The van der Waals surface area contributed by atoms with Crippen molar-refractivity contribution in [3.63, 3.8) is 0 Å². The van der Waals surface area contributed by atoms with Crippen molar-refractivity contribution >= 4 is 23.2 Å². The third-order valence-corrected chi connectivity index (χ3v) is 11.0. The van der Waals surface area contributed by atoms with Crippen LogP contribution in [0.2, 0.25) is 0 Å². The molecule has 0 radical (unpaired) electrons. The van der Waals surface area contributed by atoms with E-state index in [-0.39, 0.29) is 12.4 Å². The lowest BCUT2D eigenvalue weighted by Gasteiger charge is -2.31. The van der Waals surface area contributed by atoms with Crippen LogP contribution in [0.5, 0.6) is 0 Å². The lowest BCUT2D eigenvalue weighted by molar-refractivity contribution is -0.00000606. The first-order chi connectivity index (χ1) is 14.6. The Bertz CT molecular complexity index is 1020. The summed E-state index contributed by atoms with van der Waals surface area (Å²) in [6.07, 6.45) is 2.21. The van der Waals surface area contributed by atoms with Crippen LogP contribution in [-0.2, 0) is 6.42 Å². The number of benzene rings is 4. The average molecular weight is 445 g/mol. The Kier molecular flexibility index (Phi) is 7.71. The van der Waals surface area contributed by atoms with Gasteiger partial charge in [-0.25, -0.2) is 0 Å². The van der Waals surface area contributed by atoms with Crippen LogP contribution in [0.1, 0.15) is 22.3 Å². The molecule has 31 heavy (non-hydrogen) atoms. The standard InChI is InChI=1S/C29H30P.ClH/c1-23-13-7-10-18-27(23)30(28-19-11-8-14-24(28)2,29-20-12-9-15-25(29)3)22-21-26-16-5-4-6-17-26;/h4-20H,21-22H2,1-3H3;1H/q+1;/p-1. The monoisotopic (exact) mass is 444 g/mol. The summed E-state index contributed by atoms with van der Waals surface area (Å²) in [5, 5.41) is 4.55. The van der Waals surface area contributed by atoms with Crippen LogP contribution in [-0.4, -0.2) is 6.16 Å². The van der Waals surface area contributed by atoms with Crippen molar-refractivity contribution in [2.24, 2.45) is 0 Å². The molecule has 0 aliphatic carbocycles. The molecule has 0 unspecified atom stereocenters. The highest BCUT2D eigenvalue weighted by atomic mass is 35.5. The van der Waals surface area contributed by atoms with Gasteiger partial charge in [-0.2, -0.15) is 0 Å². The Morgan fingerprint density at radius 3 is 1.23 bits per heavy atom. The van der Waals surface area contributed by atoms with Gasteiger partial charge in [-0.05, 0) is 61.2 Å². The third-order valence-electron chi connectivity index (χ3n) is 6.16. The molecule has 0 saturated heterocycles. The second-order valence-corrected chi connectivity index (χ2v) is 11.6. The summed E-state index contributed by atoms with van der Waals surface area (Å²) < 4.78 is 0. The molecule has 0 nitrogen and oxygen atoms in total. The predicted octanol–water partition coefficient (Wildman–Crippen LogP) is 3.15. The SMILES string of the molecule is Cc1ccccc1[P+](CCc1ccccc1)(c1ccccc1C)c1ccccc1C.[Cl-]. The molecule has 0 saturated carbocycles. The molecular formula is C29H30ClP. The van der Waals surface area contributed by atoms with E-state index in [9.17, 15) is 0 Å². The molecule has 0 heterocycles. The van der Waals surface area contributed by atoms with E-state index in [2.05, 4.69) is 124 Å². The van der Waals surface area contributed by atoms with E-state index in [1.54, 1.807) is 0 Å². The Morgan fingerprint density at radius 1 is 0.484 bits per heavy atom. The second kappa shape index (κ2) is 10.3. The molecule has 0 amide bonds. The highest BCUT2D eigenvalue weighted by Gasteiger charge is 2.47. The van der Waals surface area contributed by atoms with E-state index >= 15 is 0 Å². The van der Waals surface area contributed by atoms with Crippen molar-refractivity contribution in [1.82, 2.24) is 0 Å². The molecule has 0 fully saturated rings. The zero-order valence-electron chi connectivity index (χ0n) is 18.6. The fourth-order valence-electron chi connectivity index (χ4n) is 4.67. The topological polar surface area (TPSA) is 0 Å². The minimum atomic E-state index is -1.83. The Hall–Kier alpha value is -2.40. The number of hydrogen-bond acceptors (Lipinski definition) is 0.